The molecule has 1 unspecified atom stereocenters. The van der Waals surface area contributed by atoms with Crippen molar-refractivity contribution in [2.24, 2.45) is 0 Å². The molecule has 1 amide bonds. The van der Waals surface area contributed by atoms with Crippen LogP contribution in [-0.2, 0) is 11.3 Å². The lowest BCUT2D eigenvalue weighted by molar-refractivity contribution is -0.120. The van der Waals surface area contributed by atoms with Gasteiger partial charge < -0.3 is 10.6 Å². The first-order valence-corrected chi connectivity index (χ1v) is 10.8. The maximum absolute atomic E-state index is 11.6. The number of carbonyl (C=O) groups excluding carboxylic acids is 1. The third kappa shape index (κ3) is 5.69. The number of amides is 1. The van der Waals surface area contributed by atoms with E-state index < -0.39 is 0 Å². The quantitative estimate of drug-likeness (QED) is 0.510. The minimum atomic E-state index is 0. The van der Waals surface area contributed by atoms with E-state index in [0.717, 1.165) is 25.2 Å². The Kier molecular flexibility index (Phi) is 6.92. The van der Waals surface area contributed by atoms with E-state index in [1.807, 2.05) is 18.3 Å². The molecule has 0 radical (unpaired) electrons. The lowest BCUT2D eigenvalue weighted by atomic mass is 9.97. The molecule has 2 heterocycles. The molecule has 1 aromatic heterocycles. The molecule has 31 heavy (non-hydrogen) atoms. The highest BCUT2D eigenvalue weighted by Gasteiger charge is 2.24. The van der Waals surface area contributed by atoms with Crippen LogP contribution in [0.1, 0.15) is 32.9 Å². The van der Waals surface area contributed by atoms with Crippen LogP contribution in [0.5, 0.6) is 0 Å². The van der Waals surface area contributed by atoms with Crippen molar-refractivity contribution in [2.75, 3.05) is 25.5 Å². The number of hydrogen-bond acceptors (Lipinski definition) is 5. The molecule has 2 aromatic carbocycles. The van der Waals surface area contributed by atoms with Crippen molar-refractivity contribution in [3.05, 3.63) is 84.2 Å². The molecule has 3 N–H and O–H groups in total. The molecule has 0 spiro atoms. The van der Waals surface area contributed by atoms with Crippen LogP contribution >= 0.6 is 0 Å². The molecule has 6 heteroatoms. The number of benzene rings is 2. The normalized spacial score (nSPS) is 16.2. The molecule has 4 rings (SSSR count). The average molecular weight is 420 g/mol. The molecule has 1 saturated heterocycles. The summed E-state index contributed by atoms with van der Waals surface area (Å²) in [4.78, 5) is 15.8. The minimum absolute atomic E-state index is 0. The predicted molar refractivity (Wildman–Crippen MR) is 128 cm³/mol. The van der Waals surface area contributed by atoms with Gasteiger partial charge in [0.25, 0.3) is 0 Å². The van der Waals surface area contributed by atoms with Crippen LogP contribution in [0, 0.1) is 0 Å². The van der Waals surface area contributed by atoms with Crippen molar-refractivity contribution in [1.29, 1.82) is 0 Å². The smallest absolute Gasteiger partial charge is 0.221 e. The number of rotatable bonds is 8. The van der Waals surface area contributed by atoms with Gasteiger partial charge in [-0.25, -0.2) is 10.4 Å². The second-order valence-corrected chi connectivity index (χ2v) is 7.81. The van der Waals surface area contributed by atoms with Crippen molar-refractivity contribution in [2.45, 2.75) is 25.4 Å². The van der Waals surface area contributed by atoms with Gasteiger partial charge in [-0.05, 0) is 52.9 Å². The highest BCUT2D eigenvalue weighted by atomic mass is 16.1. The molecule has 6 nitrogen and oxygen atoms in total. The van der Waals surface area contributed by atoms with Gasteiger partial charge in [0.2, 0.25) is 5.91 Å². The van der Waals surface area contributed by atoms with E-state index in [1.165, 1.54) is 22.3 Å². The number of carbonyl (C=O) groups is 1. The number of hydrogen-bond donors (Lipinski definition) is 3. The minimum Gasteiger partial charge on any atom is -0.385 e. The van der Waals surface area contributed by atoms with E-state index in [2.05, 4.69) is 74.6 Å². The first-order valence-electron chi connectivity index (χ1n) is 10.8. The molecule has 0 aliphatic carbocycles. The first kappa shape index (κ1) is 21.0. The Bertz CT molecular complexity index is 1000. The summed E-state index contributed by atoms with van der Waals surface area (Å²) in [6, 6.07) is 21.4. The SMILES string of the molecule is CNC(=O)CCNc1cc(-c2ccccc2)cc(C2CCN(Cc3cccnc3)N2)c1.[HH].[HH]. The van der Waals surface area contributed by atoms with E-state index in [9.17, 15) is 4.79 Å². The van der Waals surface area contributed by atoms with E-state index in [4.69, 9.17) is 0 Å². The summed E-state index contributed by atoms with van der Waals surface area (Å²) in [5.41, 5.74) is 9.50. The summed E-state index contributed by atoms with van der Waals surface area (Å²) >= 11 is 0. The molecule has 1 fully saturated rings. The molecule has 1 aliphatic heterocycles. The van der Waals surface area contributed by atoms with Crippen molar-refractivity contribution in [3.8, 4) is 11.1 Å². The van der Waals surface area contributed by atoms with Gasteiger partial charge in [-0.2, -0.15) is 0 Å². The van der Waals surface area contributed by atoms with Crippen LogP contribution in [0.15, 0.2) is 73.1 Å². The summed E-state index contributed by atoms with van der Waals surface area (Å²) in [6.45, 7) is 2.41. The van der Waals surface area contributed by atoms with Gasteiger partial charge >= 0.3 is 0 Å². The highest BCUT2D eigenvalue weighted by molar-refractivity contribution is 5.76. The molecule has 0 bridgehead atoms. The second kappa shape index (κ2) is 10.2. The van der Waals surface area contributed by atoms with E-state index in [-0.39, 0.29) is 14.8 Å². The Balaban J connectivity index is 0.00000193. The van der Waals surface area contributed by atoms with Gasteiger partial charge in [0, 0.05) is 60.1 Å². The molecule has 164 valence electrons. The van der Waals surface area contributed by atoms with Crippen LogP contribution in [0.25, 0.3) is 11.1 Å². The third-order valence-corrected chi connectivity index (χ3v) is 5.55. The maximum atomic E-state index is 11.6. The number of aromatic nitrogens is 1. The molecule has 0 saturated carbocycles. The van der Waals surface area contributed by atoms with Crippen LogP contribution in [-0.4, -0.2) is 36.0 Å². The summed E-state index contributed by atoms with van der Waals surface area (Å²) < 4.78 is 0. The zero-order valence-corrected chi connectivity index (χ0v) is 17.8. The fraction of sp³-hybridized carbons (Fsp3) is 0.280. The molecular weight excluding hydrogens is 386 g/mol. The van der Waals surface area contributed by atoms with Gasteiger partial charge in [-0.15, -0.1) is 0 Å². The Morgan fingerprint density at radius 1 is 1.16 bits per heavy atom. The Labute approximate surface area is 186 Å². The molecular formula is C25H33N5O. The van der Waals surface area contributed by atoms with Crippen molar-refractivity contribution < 1.29 is 7.65 Å². The van der Waals surface area contributed by atoms with Crippen LogP contribution in [0.2, 0.25) is 0 Å². The van der Waals surface area contributed by atoms with Gasteiger partial charge in [0.05, 0.1) is 0 Å². The lowest BCUT2D eigenvalue weighted by Gasteiger charge is -2.19. The molecule has 1 atom stereocenters. The summed E-state index contributed by atoms with van der Waals surface area (Å²) in [5.74, 6) is 0.0374. The van der Waals surface area contributed by atoms with Crippen LogP contribution < -0.4 is 16.1 Å². The molecule has 1 aliphatic rings. The molecule has 3 aromatic rings. The fourth-order valence-corrected chi connectivity index (χ4v) is 3.91. The third-order valence-electron chi connectivity index (χ3n) is 5.55. The van der Waals surface area contributed by atoms with Gasteiger partial charge in [-0.3, -0.25) is 9.78 Å². The van der Waals surface area contributed by atoms with E-state index >= 15 is 0 Å². The Morgan fingerprint density at radius 2 is 2.03 bits per heavy atom. The summed E-state index contributed by atoms with van der Waals surface area (Å²) in [5, 5.41) is 8.35. The number of nitrogens with one attached hydrogen (secondary N) is 3. The van der Waals surface area contributed by atoms with Crippen LogP contribution in [0.4, 0.5) is 5.69 Å². The van der Waals surface area contributed by atoms with Gasteiger partial charge in [0.1, 0.15) is 0 Å². The summed E-state index contributed by atoms with van der Waals surface area (Å²) in [6.07, 6.45) is 5.20. The topological polar surface area (TPSA) is 69.3 Å². The second-order valence-electron chi connectivity index (χ2n) is 7.81. The standard InChI is InChI=1S/C25H29N5O.2H2/c1-26-25(31)9-12-28-23-15-21(20-7-3-2-4-8-20)14-22(16-23)24-10-13-30(29-24)18-19-6-5-11-27-17-19;;/h2-8,11,14-17,24,28-29H,9-10,12-13,18H2,1H3,(H,26,31);2*1H. The number of hydrazine groups is 1. The maximum Gasteiger partial charge on any atom is 0.221 e. The van der Waals surface area contributed by atoms with Crippen LogP contribution in [0.3, 0.4) is 0 Å². The monoisotopic (exact) mass is 419 g/mol. The first-order chi connectivity index (χ1) is 15.2. The largest absolute Gasteiger partial charge is 0.385 e. The average Bonchev–Trinajstić information content (AvgIpc) is 3.28. The van der Waals surface area contributed by atoms with Crippen molar-refractivity contribution in [3.63, 3.8) is 0 Å². The fourth-order valence-electron chi connectivity index (χ4n) is 3.91. The Morgan fingerprint density at radius 3 is 2.81 bits per heavy atom. The Hall–Kier alpha value is -3.22. The highest BCUT2D eigenvalue weighted by Crippen LogP contribution is 2.31. The summed E-state index contributed by atoms with van der Waals surface area (Å²) in [7, 11) is 1.67. The number of nitrogens with zero attached hydrogens (tertiary/aromatic N) is 2. The predicted octanol–water partition coefficient (Wildman–Crippen LogP) is 4.24. The number of anilines is 1. The zero-order valence-electron chi connectivity index (χ0n) is 17.8. The van der Waals surface area contributed by atoms with Gasteiger partial charge in [0.15, 0.2) is 0 Å². The van der Waals surface area contributed by atoms with Gasteiger partial charge in [-0.1, -0.05) is 36.4 Å². The number of pyridine rings is 1. The van der Waals surface area contributed by atoms with E-state index in [0.29, 0.717) is 13.0 Å². The van der Waals surface area contributed by atoms with Crippen molar-refractivity contribution >= 4 is 11.6 Å². The lowest BCUT2D eigenvalue weighted by Crippen LogP contribution is -2.31. The van der Waals surface area contributed by atoms with E-state index in [1.54, 1.807) is 13.2 Å². The zero-order chi connectivity index (χ0) is 21.5. The van der Waals surface area contributed by atoms with Crippen molar-refractivity contribution in [1.82, 2.24) is 20.7 Å².